The van der Waals surface area contributed by atoms with Gasteiger partial charge in [-0.3, -0.25) is 0 Å². The molecule has 0 radical (unpaired) electrons. The number of aryl methyl sites for hydroxylation is 1. The Balaban J connectivity index is 2.24. The van der Waals surface area contributed by atoms with E-state index >= 15 is 0 Å². The smallest absolute Gasteiger partial charge is 0.337 e. The lowest BCUT2D eigenvalue weighted by atomic mass is 10.0. The normalized spacial score (nSPS) is 18.0. The van der Waals surface area contributed by atoms with Crippen LogP contribution >= 0.6 is 11.8 Å². The van der Waals surface area contributed by atoms with Crippen molar-refractivity contribution in [1.82, 2.24) is 25.4 Å². The molecule has 0 bridgehead atoms. The van der Waals surface area contributed by atoms with Crippen molar-refractivity contribution in [1.29, 1.82) is 0 Å². The lowest BCUT2D eigenvalue weighted by Crippen LogP contribution is -2.50. The number of carbonyl (C=O) groups excluding carboxylic acids is 2. The highest BCUT2D eigenvalue weighted by Gasteiger charge is 2.31. The van der Waals surface area contributed by atoms with Gasteiger partial charge in [0.25, 0.3) is 0 Å². The molecule has 1 aliphatic heterocycles. The Morgan fingerprint density at radius 2 is 2.27 bits per heavy atom. The summed E-state index contributed by atoms with van der Waals surface area (Å²) in [6.45, 7) is 3.95. The molecule has 0 unspecified atom stereocenters. The number of hydrogen-bond acceptors (Lipinski definition) is 6. The van der Waals surface area contributed by atoms with Crippen LogP contribution in [0.25, 0.3) is 0 Å². The number of ether oxygens (including phenoxy) is 1. The van der Waals surface area contributed by atoms with E-state index in [9.17, 15) is 9.59 Å². The predicted octanol–water partition coefficient (Wildman–Crippen LogP) is 0.816. The Bertz CT molecular complexity index is 598. The molecule has 120 valence electrons. The molecule has 9 heteroatoms. The number of esters is 1. The zero-order chi connectivity index (χ0) is 16.1. The maximum Gasteiger partial charge on any atom is 0.337 e. The van der Waals surface area contributed by atoms with E-state index in [0.717, 1.165) is 0 Å². The monoisotopic (exact) mass is 325 g/mol. The largest absolute Gasteiger partial charge is 0.463 e. The standard InChI is InChI=1S/C13H19N5O3S/c1-4-8-10(11(19)21-5-2)9(16-12(20)15-8)6-22-13-17-14-7-18(13)3/h7-8H,4-6H2,1-3H3,(H2,15,16,20)/t8-/m1/s1. The van der Waals surface area contributed by atoms with Gasteiger partial charge in [-0.15, -0.1) is 10.2 Å². The number of urea groups is 1. The average molecular weight is 325 g/mol. The Hall–Kier alpha value is -2.03. The van der Waals surface area contributed by atoms with E-state index in [1.54, 1.807) is 17.8 Å². The molecule has 0 saturated heterocycles. The topological polar surface area (TPSA) is 98.1 Å². The third-order valence-electron chi connectivity index (χ3n) is 3.16. The van der Waals surface area contributed by atoms with Crippen molar-refractivity contribution in [3.05, 3.63) is 17.6 Å². The van der Waals surface area contributed by atoms with Crippen molar-refractivity contribution in [3.8, 4) is 0 Å². The summed E-state index contributed by atoms with van der Waals surface area (Å²) in [7, 11) is 1.83. The molecule has 2 rings (SSSR count). The van der Waals surface area contributed by atoms with E-state index in [4.69, 9.17) is 4.74 Å². The maximum absolute atomic E-state index is 12.2. The summed E-state index contributed by atoms with van der Waals surface area (Å²) in [4.78, 5) is 23.9. The fraction of sp³-hybridized carbons (Fsp3) is 0.538. The number of rotatable bonds is 6. The number of carbonyl (C=O) groups is 2. The van der Waals surface area contributed by atoms with Gasteiger partial charge < -0.3 is 19.9 Å². The minimum Gasteiger partial charge on any atom is -0.463 e. The minimum atomic E-state index is -0.407. The van der Waals surface area contributed by atoms with Crippen LogP contribution in [0.1, 0.15) is 20.3 Å². The molecule has 0 aliphatic carbocycles. The first-order chi connectivity index (χ1) is 10.6. The maximum atomic E-state index is 12.2. The molecule has 1 aliphatic rings. The van der Waals surface area contributed by atoms with Gasteiger partial charge in [-0.2, -0.15) is 0 Å². The second-order valence-corrected chi connectivity index (χ2v) is 5.63. The first kappa shape index (κ1) is 16.3. The van der Waals surface area contributed by atoms with E-state index in [0.29, 0.717) is 28.6 Å². The summed E-state index contributed by atoms with van der Waals surface area (Å²) in [5.41, 5.74) is 1.03. The Labute approximate surface area is 132 Å². The molecule has 1 aromatic heterocycles. The van der Waals surface area contributed by atoms with Crippen LogP contribution in [-0.2, 0) is 16.6 Å². The minimum absolute atomic E-state index is 0.288. The average Bonchev–Trinajstić information content (AvgIpc) is 2.89. The van der Waals surface area contributed by atoms with Crippen LogP contribution in [-0.4, -0.2) is 45.2 Å². The van der Waals surface area contributed by atoms with Crippen molar-refractivity contribution in [2.75, 3.05) is 12.4 Å². The van der Waals surface area contributed by atoms with Crippen molar-refractivity contribution in [2.45, 2.75) is 31.5 Å². The SMILES string of the molecule is CCOC(=O)C1=C(CSc2nncn2C)NC(=O)N[C@@H]1CC. The molecule has 1 aromatic rings. The molecule has 2 amide bonds. The summed E-state index contributed by atoms with van der Waals surface area (Å²) in [5.74, 6) is 0.000319. The number of nitrogens with zero attached hydrogens (tertiary/aromatic N) is 3. The Morgan fingerprint density at radius 3 is 2.86 bits per heavy atom. The second kappa shape index (κ2) is 7.30. The second-order valence-electron chi connectivity index (χ2n) is 4.69. The third-order valence-corrected chi connectivity index (χ3v) is 4.22. The molecule has 0 fully saturated rings. The Kier molecular flexibility index (Phi) is 5.42. The van der Waals surface area contributed by atoms with Gasteiger partial charge in [-0.25, -0.2) is 9.59 Å². The van der Waals surface area contributed by atoms with Crippen LogP contribution in [0.15, 0.2) is 22.8 Å². The van der Waals surface area contributed by atoms with E-state index < -0.39 is 5.97 Å². The zero-order valence-corrected chi connectivity index (χ0v) is 13.6. The van der Waals surface area contributed by atoms with Gasteiger partial charge in [-0.1, -0.05) is 18.7 Å². The fourth-order valence-corrected chi connectivity index (χ4v) is 2.97. The van der Waals surface area contributed by atoms with Crippen molar-refractivity contribution in [3.63, 3.8) is 0 Å². The highest BCUT2D eigenvalue weighted by atomic mass is 32.2. The molecule has 0 saturated carbocycles. The lowest BCUT2D eigenvalue weighted by molar-refractivity contribution is -0.139. The number of thioether (sulfide) groups is 1. The van der Waals surface area contributed by atoms with Crippen LogP contribution in [0.3, 0.4) is 0 Å². The van der Waals surface area contributed by atoms with Crippen LogP contribution < -0.4 is 10.6 Å². The lowest BCUT2D eigenvalue weighted by Gasteiger charge is -2.28. The first-order valence-corrected chi connectivity index (χ1v) is 7.99. The summed E-state index contributed by atoms with van der Waals surface area (Å²) in [6.07, 6.45) is 2.21. The van der Waals surface area contributed by atoms with Crippen molar-refractivity contribution < 1.29 is 14.3 Å². The molecular formula is C13H19N5O3S. The highest BCUT2D eigenvalue weighted by molar-refractivity contribution is 7.99. The number of hydrogen-bond donors (Lipinski definition) is 2. The quantitative estimate of drug-likeness (QED) is 0.593. The summed E-state index contributed by atoms with van der Waals surface area (Å²) in [5, 5.41) is 13.9. The molecular weight excluding hydrogens is 306 g/mol. The molecule has 0 aromatic carbocycles. The molecule has 22 heavy (non-hydrogen) atoms. The van der Waals surface area contributed by atoms with Gasteiger partial charge >= 0.3 is 12.0 Å². The van der Waals surface area contributed by atoms with Gasteiger partial charge in [-0.05, 0) is 13.3 Å². The van der Waals surface area contributed by atoms with E-state index in [1.165, 1.54) is 11.8 Å². The predicted molar refractivity (Wildman–Crippen MR) is 81.1 cm³/mol. The van der Waals surface area contributed by atoms with Gasteiger partial charge in [0.1, 0.15) is 6.33 Å². The number of nitrogens with one attached hydrogen (secondary N) is 2. The van der Waals surface area contributed by atoms with Crippen LogP contribution in [0.2, 0.25) is 0 Å². The van der Waals surface area contributed by atoms with Gasteiger partial charge in [0.2, 0.25) is 0 Å². The summed E-state index contributed by atoms with van der Waals surface area (Å²) >= 11 is 1.40. The van der Waals surface area contributed by atoms with Gasteiger partial charge in [0.05, 0.1) is 18.2 Å². The van der Waals surface area contributed by atoms with E-state index in [-0.39, 0.29) is 18.7 Å². The van der Waals surface area contributed by atoms with Crippen molar-refractivity contribution >= 4 is 23.8 Å². The first-order valence-electron chi connectivity index (χ1n) is 7.01. The molecule has 8 nitrogen and oxygen atoms in total. The number of aromatic nitrogens is 3. The molecule has 2 N–H and O–H groups in total. The number of amides is 2. The van der Waals surface area contributed by atoms with Crippen LogP contribution in [0.4, 0.5) is 4.79 Å². The van der Waals surface area contributed by atoms with E-state index in [1.807, 2.05) is 14.0 Å². The van der Waals surface area contributed by atoms with Gasteiger partial charge in [0, 0.05) is 18.5 Å². The van der Waals surface area contributed by atoms with Crippen molar-refractivity contribution in [2.24, 2.45) is 7.05 Å². The van der Waals surface area contributed by atoms with E-state index in [2.05, 4.69) is 20.8 Å². The Morgan fingerprint density at radius 1 is 1.50 bits per heavy atom. The summed E-state index contributed by atoms with van der Waals surface area (Å²) in [6, 6.07) is -0.656. The summed E-state index contributed by atoms with van der Waals surface area (Å²) < 4.78 is 6.88. The third kappa shape index (κ3) is 3.59. The van der Waals surface area contributed by atoms with Gasteiger partial charge in [0.15, 0.2) is 5.16 Å². The molecule has 1 atom stereocenters. The van der Waals surface area contributed by atoms with Crippen LogP contribution in [0.5, 0.6) is 0 Å². The highest BCUT2D eigenvalue weighted by Crippen LogP contribution is 2.23. The van der Waals surface area contributed by atoms with Crippen LogP contribution in [0, 0.1) is 0 Å². The molecule has 2 heterocycles. The zero-order valence-electron chi connectivity index (χ0n) is 12.8. The fourth-order valence-electron chi connectivity index (χ4n) is 2.12. The molecule has 0 spiro atoms.